The predicted octanol–water partition coefficient (Wildman–Crippen LogP) is 4.14. The van der Waals surface area contributed by atoms with Gasteiger partial charge in [0.1, 0.15) is 11.5 Å². The van der Waals surface area contributed by atoms with Crippen molar-refractivity contribution in [1.82, 2.24) is 5.32 Å². The fourth-order valence-corrected chi connectivity index (χ4v) is 3.83. The van der Waals surface area contributed by atoms with Gasteiger partial charge in [-0.15, -0.1) is 12.4 Å². The topological polar surface area (TPSA) is 93.5 Å². The van der Waals surface area contributed by atoms with E-state index in [0.717, 1.165) is 32.4 Å². The van der Waals surface area contributed by atoms with Gasteiger partial charge in [-0.1, -0.05) is 6.07 Å². The summed E-state index contributed by atoms with van der Waals surface area (Å²) in [5.74, 6) is 1.23. The average Bonchev–Trinajstić information content (AvgIpc) is 3.36. The van der Waals surface area contributed by atoms with Crippen LogP contribution in [0.5, 0.6) is 11.5 Å². The summed E-state index contributed by atoms with van der Waals surface area (Å²) in [4.78, 5) is 22.8. The Morgan fingerprint density at radius 2 is 1.86 bits per heavy atom. The van der Waals surface area contributed by atoms with E-state index >= 15 is 0 Å². The van der Waals surface area contributed by atoms with Gasteiger partial charge < -0.3 is 15.4 Å². The molecule has 0 aromatic heterocycles. The summed E-state index contributed by atoms with van der Waals surface area (Å²) in [6.45, 7) is 1.98. The third kappa shape index (κ3) is 4.26. The predicted molar refractivity (Wildman–Crippen MR) is 108 cm³/mol. The van der Waals surface area contributed by atoms with Gasteiger partial charge in [-0.25, -0.2) is 0 Å². The zero-order valence-electron chi connectivity index (χ0n) is 15.2. The molecule has 8 heteroatoms. The number of amides is 1. The number of nitro groups is 1. The van der Waals surface area contributed by atoms with Crippen molar-refractivity contribution in [2.45, 2.75) is 19.3 Å². The smallest absolute Gasteiger partial charge is 0.269 e. The number of halogens is 1. The summed E-state index contributed by atoms with van der Waals surface area (Å²) in [7, 11) is 0. The Hall–Kier alpha value is -2.64. The maximum Gasteiger partial charge on any atom is 0.269 e. The van der Waals surface area contributed by atoms with Crippen LogP contribution in [-0.2, 0) is 4.79 Å². The Balaban J connectivity index is 0.00000225. The molecule has 1 aliphatic carbocycles. The molecule has 1 aliphatic heterocycles. The molecule has 148 valence electrons. The molecule has 1 unspecified atom stereocenters. The average molecular weight is 404 g/mol. The molecule has 7 nitrogen and oxygen atoms in total. The second-order valence-corrected chi connectivity index (χ2v) is 7.24. The number of benzene rings is 2. The summed E-state index contributed by atoms with van der Waals surface area (Å²) in [5, 5.41) is 17.1. The number of non-ortho nitro benzene ring substituents is 1. The van der Waals surface area contributed by atoms with Gasteiger partial charge in [0.2, 0.25) is 5.91 Å². The van der Waals surface area contributed by atoms with Crippen molar-refractivity contribution in [3.8, 4) is 11.5 Å². The highest BCUT2D eigenvalue weighted by molar-refractivity contribution is 5.95. The summed E-state index contributed by atoms with van der Waals surface area (Å²) in [6, 6.07) is 13.1. The maximum absolute atomic E-state index is 12.6. The normalized spacial score (nSPS) is 19.4. The monoisotopic (exact) mass is 403 g/mol. The Bertz CT molecular complexity index is 866. The summed E-state index contributed by atoms with van der Waals surface area (Å²) < 4.78 is 5.74. The van der Waals surface area contributed by atoms with Crippen molar-refractivity contribution >= 4 is 29.7 Å². The first kappa shape index (κ1) is 20.1. The van der Waals surface area contributed by atoms with E-state index in [1.807, 2.05) is 12.1 Å². The zero-order valence-corrected chi connectivity index (χ0v) is 16.0. The number of carbonyl (C=O) groups excluding carboxylic acids is 1. The number of nitrogens with zero attached hydrogens (tertiary/aromatic N) is 1. The van der Waals surface area contributed by atoms with E-state index in [1.54, 1.807) is 24.3 Å². The van der Waals surface area contributed by atoms with Gasteiger partial charge in [0.05, 0.1) is 4.92 Å². The summed E-state index contributed by atoms with van der Waals surface area (Å²) >= 11 is 0. The van der Waals surface area contributed by atoms with Crippen LogP contribution < -0.4 is 15.4 Å². The van der Waals surface area contributed by atoms with Gasteiger partial charge in [0.25, 0.3) is 5.69 Å². The number of rotatable bonds is 5. The molecule has 1 heterocycles. The molecule has 2 aliphatic rings. The first-order chi connectivity index (χ1) is 13.1. The van der Waals surface area contributed by atoms with Crippen LogP contribution in [0.15, 0.2) is 48.5 Å². The molecule has 2 N–H and O–H groups in total. The number of carbonyl (C=O) groups is 1. The Morgan fingerprint density at radius 1 is 1.14 bits per heavy atom. The third-order valence-electron chi connectivity index (χ3n) is 5.49. The standard InChI is InChI=1S/C20H21N3O4.ClH/c24-19(18-13-20(18)8-10-21-11-9-20)22-14-2-1-3-17(12-14)27-16-6-4-15(5-7-16)23(25)26;/h1-7,12,18,21H,8-11,13H2,(H,22,24);1H. The molecule has 1 amide bonds. The van der Waals surface area contributed by atoms with Crippen LogP contribution in [0.25, 0.3) is 0 Å². The van der Waals surface area contributed by atoms with Crippen molar-refractivity contribution in [2.24, 2.45) is 11.3 Å². The molecule has 2 aromatic carbocycles. The SMILES string of the molecule is Cl.O=C(Nc1cccc(Oc2ccc([N+](=O)[O-])cc2)c1)C1CC12CCNCC2. The molecule has 1 atom stereocenters. The summed E-state index contributed by atoms with van der Waals surface area (Å²) in [5.41, 5.74) is 0.900. The number of hydrogen-bond acceptors (Lipinski definition) is 5. The summed E-state index contributed by atoms with van der Waals surface area (Å²) in [6.07, 6.45) is 3.10. The Kier molecular flexibility index (Phi) is 5.86. The quantitative estimate of drug-likeness (QED) is 0.578. The largest absolute Gasteiger partial charge is 0.457 e. The van der Waals surface area contributed by atoms with Gasteiger partial charge in [-0.3, -0.25) is 14.9 Å². The van der Waals surface area contributed by atoms with Crippen LogP contribution >= 0.6 is 12.4 Å². The minimum Gasteiger partial charge on any atom is -0.457 e. The van der Waals surface area contributed by atoms with Gasteiger partial charge in [-0.05, 0) is 62.0 Å². The van der Waals surface area contributed by atoms with Crippen LogP contribution in [0.3, 0.4) is 0 Å². The van der Waals surface area contributed by atoms with E-state index in [0.29, 0.717) is 17.2 Å². The van der Waals surface area contributed by atoms with Crippen LogP contribution in [-0.4, -0.2) is 23.9 Å². The fourth-order valence-electron chi connectivity index (χ4n) is 3.83. The molecule has 2 fully saturated rings. The number of nitrogens with one attached hydrogen (secondary N) is 2. The molecule has 1 spiro atoms. The van der Waals surface area contributed by atoms with E-state index < -0.39 is 4.92 Å². The van der Waals surface area contributed by atoms with Crippen molar-refractivity contribution in [2.75, 3.05) is 18.4 Å². The fraction of sp³-hybridized carbons (Fsp3) is 0.350. The van der Waals surface area contributed by atoms with E-state index in [2.05, 4.69) is 10.6 Å². The van der Waals surface area contributed by atoms with Crippen LogP contribution in [0.4, 0.5) is 11.4 Å². The van der Waals surface area contributed by atoms with E-state index in [9.17, 15) is 14.9 Å². The lowest BCUT2D eigenvalue weighted by Gasteiger charge is -2.23. The second-order valence-electron chi connectivity index (χ2n) is 7.24. The van der Waals surface area contributed by atoms with Gasteiger partial charge >= 0.3 is 0 Å². The van der Waals surface area contributed by atoms with Crippen LogP contribution in [0.2, 0.25) is 0 Å². The van der Waals surface area contributed by atoms with Gasteiger partial charge in [0.15, 0.2) is 0 Å². The molecule has 4 rings (SSSR count). The molecular weight excluding hydrogens is 382 g/mol. The minimum absolute atomic E-state index is 0. The van der Waals surface area contributed by atoms with Crippen LogP contribution in [0.1, 0.15) is 19.3 Å². The second kappa shape index (κ2) is 8.16. The lowest BCUT2D eigenvalue weighted by atomic mass is 9.92. The van der Waals surface area contributed by atoms with Crippen molar-refractivity contribution in [3.05, 3.63) is 58.6 Å². The van der Waals surface area contributed by atoms with Crippen molar-refractivity contribution < 1.29 is 14.5 Å². The van der Waals surface area contributed by atoms with Gasteiger partial charge in [-0.2, -0.15) is 0 Å². The lowest BCUT2D eigenvalue weighted by molar-refractivity contribution is -0.384. The first-order valence-electron chi connectivity index (χ1n) is 9.10. The highest BCUT2D eigenvalue weighted by atomic mass is 35.5. The number of ether oxygens (including phenoxy) is 1. The zero-order chi connectivity index (χ0) is 18.9. The minimum atomic E-state index is -0.451. The highest BCUT2D eigenvalue weighted by Gasteiger charge is 2.57. The molecular formula is C20H22ClN3O4. The molecule has 1 saturated heterocycles. The number of anilines is 1. The Morgan fingerprint density at radius 3 is 2.54 bits per heavy atom. The van der Waals surface area contributed by atoms with Crippen molar-refractivity contribution in [3.63, 3.8) is 0 Å². The lowest BCUT2D eigenvalue weighted by Crippen LogP contribution is -2.31. The van der Waals surface area contributed by atoms with Crippen molar-refractivity contribution in [1.29, 1.82) is 0 Å². The maximum atomic E-state index is 12.6. The Labute approximate surface area is 169 Å². The van der Waals surface area contributed by atoms with E-state index in [-0.39, 0.29) is 35.3 Å². The van der Waals surface area contributed by atoms with E-state index in [4.69, 9.17) is 4.74 Å². The molecule has 28 heavy (non-hydrogen) atoms. The molecule has 2 aromatic rings. The number of nitro benzene ring substituents is 1. The van der Waals surface area contributed by atoms with Crippen LogP contribution in [0, 0.1) is 21.4 Å². The molecule has 0 bridgehead atoms. The highest BCUT2D eigenvalue weighted by Crippen LogP contribution is 2.58. The molecule has 0 radical (unpaired) electrons. The third-order valence-corrected chi connectivity index (χ3v) is 5.49. The number of hydrogen-bond donors (Lipinski definition) is 2. The van der Waals surface area contributed by atoms with E-state index in [1.165, 1.54) is 12.1 Å². The molecule has 1 saturated carbocycles. The number of piperidine rings is 1. The first-order valence-corrected chi connectivity index (χ1v) is 9.10. The van der Waals surface area contributed by atoms with Gasteiger partial charge in [0, 0.05) is 29.8 Å².